The molecule has 1 aliphatic carbocycles. The van der Waals surface area contributed by atoms with E-state index in [0.717, 1.165) is 27.3 Å². The standard InChI is InChI=1S/C17H25Br2N/c1-3-12-6-5-7-13(8-12)17(20-4-2)14-9-15(18)11-16(19)10-14/h9-13,17,20H,3-8H2,1-2H3. The van der Waals surface area contributed by atoms with E-state index in [2.05, 4.69) is 69.2 Å². The smallest absolute Gasteiger partial charge is 0.0349 e. The van der Waals surface area contributed by atoms with Gasteiger partial charge in [-0.2, -0.15) is 0 Å². The lowest BCUT2D eigenvalue weighted by Crippen LogP contribution is -2.31. The summed E-state index contributed by atoms with van der Waals surface area (Å²) in [5.41, 5.74) is 1.41. The Labute approximate surface area is 140 Å². The predicted molar refractivity (Wildman–Crippen MR) is 94.0 cm³/mol. The molecule has 0 amide bonds. The molecular formula is C17H25Br2N. The van der Waals surface area contributed by atoms with Crippen LogP contribution in [0.15, 0.2) is 27.1 Å². The third-order valence-corrected chi connectivity index (χ3v) is 5.46. The Morgan fingerprint density at radius 1 is 1.15 bits per heavy atom. The van der Waals surface area contributed by atoms with Crippen LogP contribution in [0.1, 0.15) is 57.6 Å². The maximum atomic E-state index is 3.73. The topological polar surface area (TPSA) is 12.0 Å². The summed E-state index contributed by atoms with van der Waals surface area (Å²) >= 11 is 7.25. The predicted octanol–water partition coefficient (Wildman–Crippen LogP) is 6.08. The molecule has 112 valence electrons. The number of nitrogens with one attached hydrogen (secondary N) is 1. The van der Waals surface area contributed by atoms with Crippen molar-refractivity contribution in [2.45, 2.75) is 52.0 Å². The Balaban J connectivity index is 2.21. The van der Waals surface area contributed by atoms with Gasteiger partial charge in [0.1, 0.15) is 0 Å². The van der Waals surface area contributed by atoms with Crippen LogP contribution in [0.5, 0.6) is 0 Å². The molecule has 1 fully saturated rings. The molecule has 3 unspecified atom stereocenters. The summed E-state index contributed by atoms with van der Waals surface area (Å²) in [5.74, 6) is 1.69. The van der Waals surface area contributed by atoms with Crippen LogP contribution in [0, 0.1) is 11.8 Å². The first-order valence-electron chi connectivity index (χ1n) is 7.83. The van der Waals surface area contributed by atoms with Gasteiger partial charge in [0.15, 0.2) is 0 Å². The Morgan fingerprint density at radius 3 is 2.45 bits per heavy atom. The van der Waals surface area contributed by atoms with E-state index in [0.29, 0.717) is 6.04 Å². The van der Waals surface area contributed by atoms with Crippen LogP contribution in [0.2, 0.25) is 0 Å². The van der Waals surface area contributed by atoms with E-state index in [1.807, 2.05) is 0 Å². The number of hydrogen-bond acceptors (Lipinski definition) is 1. The van der Waals surface area contributed by atoms with Gasteiger partial charge in [-0.3, -0.25) is 0 Å². The second kappa shape index (κ2) is 7.95. The van der Waals surface area contributed by atoms with E-state index in [-0.39, 0.29) is 0 Å². The first-order chi connectivity index (χ1) is 9.63. The maximum absolute atomic E-state index is 3.73. The lowest BCUT2D eigenvalue weighted by atomic mass is 9.75. The fraction of sp³-hybridized carbons (Fsp3) is 0.647. The average molecular weight is 403 g/mol. The van der Waals surface area contributed by atoms with Crippen molar-refractivity contribution in [1.29, 1.82) is 0 Å². The van der Waals surface area contributed by atoms with Gasteiger partial charge in [0, 0.05) is 15.0 Å². The molecule has 3 heteroatoms. The van der Waals surface area contributed by atoms with Crippen molar-refractivity contribution in [3.8, 4) is 0 Å². The van der Waals surface area contributed by atoms with E-state index in [4.69, 9.17) is 0 Å². The van der Waals surface area contributed by atoms with Gasteiger partial charge in [0.2, 0.25) is 0 Å². The molecule has 0 radical (unpaired) electrons. The van der Waals surface area contributed by atoms with E-state index in [9.17, 15) is 0 Å². The molecular weight excluding hydrogens is 378 g/mol. The number of benzene rings is 1. The summed E-state index contributed by atoms with van der Waals surface area (Å²) in [6, 6.07) is 7.15. The summed E-state index contributed by atoms with van der Waals surface area (Å²) in [5, 5.41) is 3.73. The minimum atomic E-state index is 0.489. The van der Waals surface area contributed by atoms with Crippen molar-refractivity contribution < 1.29 is 0 Å². The Hall–Kier alpha value is 0.140. The van der Waals surface area contributed by atoms with E-state index >= 15 is 0 Å². The summed E-state index contributed by atoms with van der Waals surface area (Å²) in [6.07, 6.45) is 6.88. The van der Waals surface area contributed by atoms with Crippen LogP contribution in [0.4, 0.5) is 0 Å². The van der Waals surface area contributed by atoms with Crippen molar-refractivity contribution in [1.82, 2.24) is 5.32 Å². The summed E-state index contributed by atoms with van der Waals surface area (Å²) in [7, 11) is 0. The highest BCUT2D eigenvalue weighted by Gasteiger charge is 2.28. The Bertz CT molecular complexity index is 413. The second-order valence-corrected chi connectivity index (χ2v) is 7.77. The van der Waals surface area contributed by atoms with Gasteiger partial charge in [0.25, 0.3) is 0 Å². The molecule has 1 saturated carbocycles. The van der Waals surface area contributed by atoms with E-state index < -0.39 is 0 Å². The van der Waals surface area contributed by atoms with Crippen LogP contribution in [0.25, 0.3) is 0 Å². The monoisotopic (exact) mass is 401 g/mol. The summed E-state index contributed by atoms with van der Waals surface area (Å²) in [6.45, 7) is 5.58. The van der Waals surface area contributed by atoms with Gasteiger partial charge in [-0.1, -0.05) is 65.0 Å². The molecule has 20 heavy (non-hydrogen) atoms. The molecule has 0 saturated heterocycles. The zero-order chi connectivity index (χ0) is 14.5. The molecule has 1 aromatic rings. The fourth-order valence-electron chi connectivity index (χ4n) is 3.54. The first-order valence-corrected chi connectivity index (χ1v) is 9.42. The largest absolute Gasteiger partial charge is 0.310 e. The minimum Gasteiger partial charge on any atom is -0.310 e. The molecule has 1 aromatic carbocycles. The summed E-state index contributed by atoms with van der Waals surface area (Å²) < 4.78 is 2.32. The fourth-order valence-corrected chi connectivity index (χ4v) is 4.87. The molecule has 1 aliphatic rings. The SMILES string of the molecule is CCNC(c1cc(Br)cc(Br)c1)C1CCCC(CC)C1. The highest BCUT2D eigenvalue weighted by Crippen LogP contribution is 2.39. The highest BCUT2D eigenvalue weighted by atomic mass is 79.9. The molecule has 3 atom stereocenters. The Kier molecular flexibility index (Phi) is 6.57. The normalized spacial score (nSPS) is 24.6. The lowest BCUT2D eigenvalue weighted by molar-refractivity contribution is 0.210. The molecule has 2 rings (SSSR count). The number of hydrogen-bond donors (Lipinski definition) is 1. The van der Waals surface area contributed by atoms with Crippen molar-refractivity contribution in [2.24, 2.45) is 11.8 Å². The zero-order valence-electron chi connectivity index (χ0n) is 12.5. The van der Waals surface area contributed by atoms with Crippen molar-refractivity contribution in [3.63, 3.8) is 0 Å². The maximum Gasteiger partial charge on any atom is 0.0349 e. The van der Waals surface area contributed by atoms with Gasteiger partial charge in [-0.15, -0.1) is 0 Å². The van der Waals surface area contributed by atoms with Crippen LogP contribution in [0.3, 0.4) is 0 Å². The Morgan fingerprint density at radius 2 is 1.85 bits per heavy atom. The minimum absolute atomic E-state index is 0.489. The van der Waals surface area contributed by atoms with Gasteiger partial charge in [0.05, 0.1) is 0 Å². The first kappa shape index (κ1) is 16.5. The highest BCUT2D eigenvalue weighted by molar-refractivity contribution is 9.11. The van der Waals surface area contributed by atoms with Gasteiger partial charge in [-0.25, -0.2) is 0 Å². The van der Waals surface area contributed by atoms with E-state index in [1.165, 1.54) is 37.7 Å². The molecule has 1 nitrogen and oxygen atoms in total. The second-order valence-electron chi connectivity index (χ2n) is 5.94. The summed E-state index contributed by atoms with van der Waals surface area (Å²) in [4.78, 5) is 0. The number of rotatable bonds is 5. The van der Waals surface area contributed by atoms with Crippen LogP contribution >= 0.6 is 31.9 Å². The quantitative estimate of drug-likeness (QED) is 0.629. The zero-order valence-corrected chi connectivity index (χ0v) is 15.6. The third-order valence-electron chi connectivity index (χ3n) is 4.54. The molecule has 0 aromatic heterocycles. The van der Waals surface area contributed by atoms with Gasteiger partial charge < -0.3 is 5.32 Å². The van der Waals surface area contributed by atoms with Crippen molar-refractivity contribution in [3.05, 3.63) is 32.7 Å². The third kappa shape index (κ3) is 4.32. The lowest BCUT2D eigenvalue weighted by Gasteiger charge is -2.35. The molecule has 0 bridgehead atoms. The molecule has 1 N–H and O–H groups in total. The van der Waals surface area contributed by atoms with Crippen LogP contribution in [-0.4, -0.2) is 6.54 Å². The van der Waals surface area contributed by atoms with Gasteiger partial charge >= 0.3 is 0 Å². The van der Waals surface area contributed by atoms with Crippen LogP contribution in [-0.2, 0) is 0 Å². The van der Waals surface area contributed by atoms with Crippen LogP contribution < -0.4 is 5.32 Å². The van der Waals surface area contributed by atoms with Crippen molar-refractivity contribution in [2.75, 3.05) is 6.54 Å². The van der Waals surface area contributed by atoms with E-state index in [1.54, 1.807) is 0 Å². The molecule has 0 heterocycles. The number of halogens is 2. The van der Waals surface area contributed by atoms with Crippen molar-refractivity contribution >= 4 is 31.9 Å². The van der Waals surface area contributed by atoms with Gasteiger partial charge in [-0.05, 0) is 55.0 Å². The molecule has 0 aliphatic heterocycles. The average Bonchev–Trinajstić information content (AvgIpc) is 2.43. The molecule has 0 spiro atoms.